The van der Waals surface area contributed by atoms with Crippen molar-refractivity contribution in [1.82, 2.24) is 0 Å². The Kier molecular flexibility index (Phi) is 7.51. The van der Waals surface area contributed by atoms with Crippen LogP contribution in [0.25, 0.3) is 0 Å². The van der Waals surface area contributed by atoms with Gasteiger partial charge in [0.25, 0.3) is 0 Å². The highest BCUT2D eigenvalue weighted by atomic mass is 35.5. The maximum Gasteiger partial charge on any atom is 0.307 e. The zero-order valence-corrected chi connectivity index (χ0v) is 12.6. The van der Waals surface area contributed by atoms with Crippen LogP contribution in [0.2, 0.25) is 0 Å². The Labute approximate surface area is 131 Å². The van der Waals surface area contributed by atoms with Crippen molar-refractivity contribution in [2.45, 2.75) is 25.5 Å². The van der Waals surface area contributed by atoms with Crippen LogP contribution in [0.3, 0.4) is 0 Å². The molecule has 0 heterocycles. The van der Waals surface area contributed by atoms with Crippen LogP contribution in [0.4, 0.5) is 0 Å². The summed E-state index contributed by atoms with van der Waals surface area (Å²) in [6, 6.07) is 19.3. The number of esters is 1. The van der Waals surface area contributed by atoms with Gasteiger partial charge in [0.05, 0.1) is 6.42 Å². The predicted octanol–water partition coefficient (Wildman–Crippen LogP) is 3.11. The van der Waals surface area contributed by atoms with Gasteiger partial charge in [0, 0.05) is 6.04 Å². The van der Waals surface area contributed by atoms with E-state index in [-0.39, 0.29) is 30.8 Å². The predicted molar refractivity (Wildman–Crippen MR) is 86.2 cm³/mol. The smallest absolute Gasteiger partial charge is 0.307 e. The maximum absolute atomic E-state index is 11.7. The number of rotatable bonds is 6. The molecule has 112 valence electrons. The van der Waals surface area contributed by atoms with Crippen molar-refractivity contribution in [2.24, 2.45) is 5.73 Å². The molecule has 0 saturated heterocycles. The van der Waals surface area contributed by atoms with Gasteiger partial charge >= 0.3 is 5.97 Å². The first kappa shape index (κ1) is 17.2. The minimum Gasteiger partial charge on any atom is -0.461 e. The Balaban J connectivity index is 0.00000220. The lowest BCUT2D eigenvalue weighted by Gasteiger charge is -2.11. The molecule has 2 rings (SSSR count). The molecule has 0 fully saturated rings. The van der Waals surface area contributed by atoms with E-state index in [1.54, 1.807) is 0 Å². The SMILES string of the molecule is Cl.N[C@@H](CC(=O)OCc1ccccc1)Cc1ccccc1. The van der Waals surface area contributed by atoms with Crippen molar-refractivity contribution >= 4 is 18.4 Å². The first-order valence-corrected chi connectivity index (χ1v) is 6.73. The first-order chi connectivity index (χ1) is 9.74. The molecule has 3 nitrogen and oxygen atoms in total. The van der Waals surface area contributed by atoms with Gasteiger partial charge in [-0.05, 0) is 17.5 Å². The van der Waals surface area contributed by atoms with Crippen molar-refractivity contribution in [3.8, 4) is 0 Å². The van der Waals surface area contributed by atoms with Crippen LogP contribution in [0, 0.1) is 0 Å². The van der Waals surface area contributed by atoms with E-state index in [1.165, 1.54) is 0 Å². The highest BCUT2D eigenvalue weighted by Crippen LogP contribution is 2.06. The van der Waals surface area contributed by atoms with E-state index < -0.39 is 0 Å². The molecule has 21 heavy (non-hydrogen) atoms. The Bertz CT molecular complexity index is 531. The Morgan fingerprint density at radius 2 is 1.48 bits per heavy atom. The van der Waals surface area contributed by atoms with Gasteiger partial charge in [0.15, 0.2) is 0 Å². The highest BCUT2D eigenvalue weighted by Gasteiger charge is 2.11. The molecule has 0 aliphatic heterocycles. The standard InChI is InChI=1S/C17H19NO2.ClH/c18-16(11-14-7-3-1-4-8-14)12-17(19)20-13-15-9-5-2-6-10-15;/h1-10,16H,11-13,18H2;1H/t16-;/m1./s1. The van der Waals surface area contributed by atoms with Gasteiger partial charge in [0.1, 0.15) is 6.61 Å². The summed E-state index contributed by atoms with van der Waals surface area (Å²) in [5.41, 5.74) is 8.09. The van der Waals surface area contributed by atoms with Crippen molar-refractivity contribution in [2.75, 3.05) is 0 Å². The summed E-state index contributed by atoms with van der Waals surface area (Å²) < 4.78 is 5.22. The topological polar surface area (TPSA) is 52.3 Å². The first-order valence-electron chi connectivity index (χ1n) is 6.73. The van der Waals surface area contributed by atoms with E-state index in [9.17, 15) is 4.79 Å². The van der Waals surface area contributed by atoms with Gasteiger partial charge < -0.3 is 10.5 Å². The van der Waals surface area contributed by atoms with Crippen molar-refractivity contribution in [1.29, 1.82) is 0 Å². The summed E-state index contributed by atoms with van der Waals surface area (Å²) in [4.78, 5) is 11.7. The average molecular weight is 306 g/mol. The quantitative estimate of drug-likeness (QED) is 0.834. The monoisotopic (exact) mass is 305 g/mol. The molecule has 0 aromatic heterocycles. The molecule has 4 heteroatoms. The second-order valence-corrected chi connectivity index (χ2v) is 4.80. The Hall–Kier alpha value is -1.84. The summed E-state index contributed by atoms with van der Waals surface area (Å²) in [6.07, 6.45) is 0.920. The number of hydrogen-bond acceptors (Lipinski definition) is 3. The van der Waals surface area contributed by atoms with Crippen LogP contribution in [-0.4, -0.2) is 12.0 Å². The Morgan fingerprint density at radius 3 is 2.05 bits per heavy atom. The maximum atomic E-state index is 11.7. The fourth-order valence-corrected chi connectivity index (χ4v) is 2.00. The van der Waals surface area contributed by atoms with Crippen LogP contribution in [-0.2, 0) is 22.6 Å². The van der Waals surface area contributed by atoms with E-state index in [4.69, 9.17) is 10.5 Å². The molecule has 0 unspecified atom stereocenters. The molecule has 0 bridgehead atoms. The van der Waals surface area contributed by atoms with Gasteiger partial charge in [-0.3, -0.25) is 4.79 Å². The number of benzene rings is 2. The van der Waals surface area contributed by atoms with E-state index >= 15 is 0 Å². The molecule has 0 spiro atoms. The number of halogens is 1. The molecule has 2 N–H and O–H groups in total. The van der Waals surface area contributed by atoms with Gasteiger partial charge in [0.2, 0.25) is 0 Å². The molecule has 2 aromatic rings. The fraction of sp³-hybridized carbons (Fsp3) is 0.235. The summed E-state index contributed by atoms with van der Waals surface area (Å²) in [6.45, 7) is 0.303. The molecule has 1 atom stereocenters. The molecule has 2 aromatic carbocycles. The van der Waals surface area contributed by atoms with Crippen LogP contribution in [0.5, 0.6) is 0 Å². The second kappa shape index (κ2) is 9.16. The number of ether oxygens (including phenoxy) is 1. The zero-order chi connectivity index (χ0) is 14.2. The Morgan fingerprint density at radius 1 is 0.952 bits per heavy atom. The van der Waals surface area contributed by atoms with E-state index in [0.29, 0.717) is 13.0 Å². The van der Waals surface area contributed by atoms with Gasteiger partial charge in [-0.2, -0.15) is 0 Å². The summed E-state index contributed by atoms with van der Waals surface area (Å²) in [7, 11) is 0. The van der Waals surface area contributed by atoms with Gasteiger partial charge in [-0.15, -0.1) is 12.4 Å². The third-order valence-electron chi connectivity index (χ3n) is 3.01. The lowest BCUT2D eigenvalue weighted by atomic mass is 10.0. The lowest BCUT2D eigenvalue weighted by molar-refractivity contribution is -0.145. The average Bonchev–Trinajstić information content (AvgIpc) is 2.47. The van der Waals surface area contributed by atoms with Crippen LogP contribution >= 0.6 is 12.4 Å². The molecular weight excluding hydrogens is 286 g/mol. The molecule has 0 aliphatic carbocycles. The van der Waals surface area contributed by atoms with E-state index in [2.05, 4.69) is 0 Å². The third kappa shape index (κ3) is 6.43. The number of hydrogen-bond donors (Lipinski definition) is 1. The van der Waals surface area contributed by atoms with Gasteiger partial charge in [-0.1, -0.05) is 60.7 Å². The number of nitrogens with two attached hydrogens (primary N) is 1. The normalized spacial score (nSPS) is 11.3. The van der Waals surface area contributed by atoms with Crippen molar-refractivity contribution < 1.29 is 9.53 Å². The van der Waals surface area contributed by atoms with Crippen LogP contribution < -0.4 is 5.73 Å². The molecule has 0 aliphatic rings. The highest BCUT2D eigenvalue weighted by molar-refractivity contribution is 5.85. The molecular formula is C17H20ClNO2. The van der Waals surface area contributed by atoms with Crippen LogP contribution in [0.15, 0.2) is 60.7 Å². The number of carbonyl (C=O) groups excluding carboxylic acids is 1. The summed E-state index contributed by atoms with van der Waals surface area (Å²) >= 11 is 0. The molecule has 0 amide bonds. The minimum atomic E-state index is -0.253. The van der Waals surface area contributed by atoms with E-state index in [1.807, 2.05) is 60.7 Å². The molecule has 0 saturated carbocycles. The van der Waals surface area contributed by atoms with Crippen LogP contribution in [0.1, 0.15) is 17.5 Å². The minimum absolute atomic E-state index is 0. The largest absolute Gasteiger partial charge is 0.461 e. The lowest BCUT2D eigenvalue weighted by Crippen LogP contribution is -2.27. The summed E-state index contributed by atoms with van der Waals surface area (Å²) in [5.74, 6) is -0.253. The number of carbonyl (C=O) groups is 1. The fourth-order valence-electron chi connectivity index (χ4n) is 2.00. The van der Waals surface area contributed by atoms with Crippen molar-refractivity contribution in [3.63, 3.8) is 0 Å². The third-order valence-corrected chi connectivity index (χ3v) is 3.01. The molecule has 0 radical (unpaired) electrons. The van der Waals surface area contributed by atoms with E-state index in [0.717, 1.165) is 11.1 Å². The summed E-state index contributed by atoms with van der Waals surface area (Å²) in [5, 5.41) is 0. The zero-order valence-electron chi connectivity index (χ0n) is 11.8. The second-order valence-electron chi connectivity index (χ2n) is 4.80. The van der Waals surface area contributed by atoms with Gasteiger partial charge in [-0.25, -0.2) is 0 Å². The van der Waals surface area contributed by atoms with Crippen molar-refractivity contribution in [3.05, 3.63) is 71.8 Å².